The van der Waals surface area contributed by atoms with Crippen molar-refractivity contribution < 1.29 is 4.79 Å². The number of hydrogen-bond donors (Lipinski definition) is 1. The summed E-state index contributed by atoms with van der Waals surface area (Å²) in [7, 11) is 0. The molecule has 20 heavy (non-hydrogen) atoms. The Bertz CT molecular complexity index is 570. The molecular formula is C17H18ClNO. The van der Waals surface area contributed by atoms with Gasteiger partial charge in [-0.3, -0.25) is 4.79 Å². The van der Waals surface area contributed by atoms with E-state index in [1.165, 1.54) is 0 Å². The average Bonchev–Trinajstić information content (AvgIpc) is 2.48. The van der Waals surface area contributed by atoms with E-state index in [0.29, 0.717) is 6.42 Å². The van der Waals surface area contributed by atoms with Crippen LogP contribution in [0.4, 0.5) is 0 Å². The zero-order valence-corrected chi connectivity index (χ0v) is 12.2. The monoisotopic (exact) mass is 287 g/mol. The van der Waals surface area contributed by atoms with Crippen molar-refractivity contribution in [1.82, 2.24) is 0 Å². The Kier molecular flexibility index (Phi) is 4.46. The molecule has 2 nitrogen and oxygen atoms in total. The van der Waals surface area contributed by atoms with Crippen LogP contribution >= 0.6 is 11.6 Å². The first kappa shape index (κ1) is 14.6. The van der Waals surface area contributed by atoms with Gasteiger partial charge in [0.15, 0.2) is 0 Å². The van der Waals surface area contributed by atoms with Gasteiger partial charge in [-0.1, -0.05) is 60.7 Å². The fourth-order valence-electron chi connectivity index (χ4n) is 2.29. The molecule has 0 saturated heterocycles. The zero-order chi connectivity index (χ0) is 14.6. The lowest BCUT2D eigenvalue weighted by molar-refractivity contribution is -0.123. The number of carbonyl (C=O) groups is 1. The van der Waals surface area contributed by atoms with Crippen LogP contribution in [0.2, 0.25) is 0 Å². The highest BCUT2D eigenvalue weighted by atomic mass is 35.5. The van der Waals surface area contributed by atoms with E-state index in [4.69, 9.17) is 17.3 Å². The van der Waals surface area contributed by atoms with E-state index < -0.39 is 16.7 Å². The summed E-state index contributed by atoms with van der Waals surface area (Å²) >= 11 is 6.55. The SMILES string of the molecule is CC(C(N)=O)(c1ccccc1)C(Cl)Cc1ccccc1. The molecule has 2 atom stereocenters. The number of alkyl halides is 1. The van der Waals surface area contributed by atoms with Crippen LogP contribution in [0.25, 0.3) is 0 Å². The van der Waals surface area contributed by atoms with E-state index in [-0.39, 0.29) is 0 Å². The largest absolute Gasteiger partial charge is 0.369 e. The van der Waals surface area contributed by atoms with E-state index in [9.17, 15) is 4.79 Å². The average molecular weight is 288 g/mol. The minimum atomic E-state index is -0.890. The first-order valence-corrected chi connectivity index (χ1v) is 7.02. The number of primary amides is 1. The minimum absolute atomic E-state index is 0.398. The van der Waals surface area contributed by atoms with Gasteiger partial charge in [0.05, 0.1) is 10.8 Å². The van der Waals surface area contributed by atoms with Gasteiger partial charge in [-0.2, -0.15) is 0 Å². The summed E-state index contributed by atoms with van der Waals surface area (Å²) in [5.74, 6) is -0.403. The molecule has 104 valence electrons. The van der Waals surface area contributed by atoms with Gasteiger partial charge >= 0.3 is 0 Å². The normalized spacial score (nSPS) is 15.3. The summed E-state index contributed by atoms with van der Waals surface area (Å²) in [6.07, 6.45) is 0.594. The van der Waals surface area contributed by atoms with Gasteiger partial charge < -0.3 is 5.73 Å². The Labute approximate surface area is 124 Å². The second kappa shape index (κ2) is 6.10. The quantitative estimate of drug-likeness (QED) is 0.843. The Morgan fingerprint density at radius 3 is 2.10 bits per heavy atom. The molecule has 2 aromatic rings. The molecule has 2 rings (SSSR count). The Hall–Kier alpha value is -1.80. The van der Waals surface area contributed by atoms with Crippen molar-refractivity contribution in [2.24, 2.45) is 5.73 Å². The summed E-state index contributed by atoms with van der Waals surface area (Å²) < 4.78 is 0. The van der Waals surface area contributed by atoms with Crippen LogP contribution < -0.4 is 5.73 Å². The van der Waals surface area contributed by atoms with E-state index in [2.05, 4.69) is 0 Å². The van der Waals surface area contributed by atoms with Crippen molar-refractivity contribution >= 4 is 17.5 Å². The zero-order valence-electron chi connectivity index (χ0n) is 11.4. The molecule has 0 aliphatic heterocycles. The fourth-order valence-corrected chi connectivity index (χ4v) is 2.70. The summed E-state index contributed by atoms with van der Waals surface area (Å²) in [5.41, 5.74) is 6.69. The lowest BCUT2D eigenvalue weighted by atomic mass is 9.76. The van der Waals surface area contributed by atoms with Crippen molar-refractivity contribution in [1.29, 1.82) is 0 Å². The molecule has 3 heteroatoms. The number of amides is 1. The minimum Gasteiger partial charge on any atom is -0.369 e. The number of nitrogens with two attached hydrogens (primary N) is 1. The number of carbonyl (C=O) groups excluding carboxylic acids is 1. The maximum atomic E-state index is 12.0. The Balaban J connectivity index is 2.31. The van der Waals surface area contributed by atoms with Crippen LogP contribution in [0.3, 0.4) is 0 Å². The summed E-state index contributed by atoms with van der Waals surface area (Å²) in [5, 5.41) is -0.398. The lowest BCUT2D eigenvalue weighted by Gasteiger charge is -2.31. The van der Waals surface area contributed by atoms with Crippen LogP contribution in [0.15, 0.2) is 60.7 Å². The molecule has 0 aliphatic carbocycles. The third-order valence-electron chi connectivity index (χ3n) is 3.77. The first-order valence-electron chi connectivity index (χ1n) is 6.58. The van der Waals surface area contributed by atoms with E-state index in [0.717, 1.165) is 11.1 Å². The summed E-state index contributed by atoms with van der Waals surface area (Å²) in [4.78, 5) is 12.0. The third kappa shape index (κ3) is 2.86. The van der Waals surface area contributed by atoms with Gasteiger partial charge in [-0.05, 0) is 24.5 Å². The van der Waals surface area contributed by atoms with Crippen LogP contribution in [-0.4, -0.2) is 11.3 Å². The molecule has 2 N–H and O–H groups in total. The first-order chi connectivity index (χ1) is 9.55. The summed E-state index contributed by atoms with van der Waals surface area (Å²) in [6, 6.07) is 19.4. The molecule has 0 aromatic heterocycles. The van der Waals surface area contributed by atoms with Crippen molar-refractivity contribution in [3.63, 3.8) is 0 Å². The van der Waals surface area contributed by atoms with Crippen LogP contribution in [0.1, 0.15) is 18.1 Å². The van der Waals surface area contributed by atoms with Gasteiger partial charge in [0.2, 0.25) is 5.91 Å². The molecule has 0 saturated carbocycles. The van der Waals surface area contributed by atoms with Crippen LogP contribution in [0, 0.1) is 0 Å². The Morgan fingerprint density at radius 1 is 1.10 bits per heavy atom. The topological polar surface area (TPSA) is 43.1 Å². The second-order valence-corrected chi connectivity index (χ2v) is 5.62. The highest BCUT2D eigenvalue weighted by Gasteiger charge is 2.40. The van der Waals surface area contributed by atoms with Crippen molar-refractivity contribution in [2.75, 3.05) is 0 Å². The molecule has 0 heterocycles. The molecule has 0 spiro atoms. The number of rotatable bonds is 5. The maximum absolute atomic E-state index is 12.0. The fraction of sp³-hybridized carbons (Fsp3) is 0.235. The number of hydrogen-bond acceptors (Lipinski definition) is 1. The molecule has 0 radical (unpaired) electrons. The molecule has 0 aliphatic rings. The third-order valence-corrected chi connectivity index (χ3v) is 4.36. The van der Waals surface area contributed by atoms with Crippen molar-refractivity contribution in [3.8, 4) is 0 Å². The maximum Gasteiger partial charge on any atom is 0.229 e. The van der Waals surface area contributed by atoms with Gasteiger partial charge in [-0.25, -0.2) is 0 Å². The number of halogens is 1. The molecule has 2 aromatic carbocycles. The van der Waals surface area contributed by atoms with E-state index >= 15 is 0 Å². The Morgan fingerprint density at radius 2 is 1.60 bits per heavy atom. The van der Waals surface area contributed by atoms with E-state index in [1.54, 1.807) is 0 Å². The highest BCUT2D eigenvalue weighted by Crippen LogP contribution is 2.33. The van der Waals surface area contributed by atoms with Gasteiger partial charge in [0.1, 0.15) is 0 Å². The van der Waals surface area contributed by atoms with Crippen LogP contribution in [0.5, 0.6) is 0 Å². The molecule has 0 bridgehead atoms. The van der Waals surface area contributed by atoms with Crippen molar-refractivity contribution in [3.05, 3.63) is 71.8 Å². The van der Waals surface area contributed by atoms with E-state index in [1.807, 2.05) is 67.6 Å². The molecule has 2 unspecified atom stereocenters. The van der Waals surface area contributed by atoms with Gasteiger partial charge in [-0.15, -0.1) is 11.6 Å². The standard InChI is InChI=1S/C17H18ClNO/c1-17(16(19)20,14-10-6-3-7-11-14)15(18)12-13-8-4-2-5-9-13/h2-11,15H,12H2,1H3,(H2,19,20). The van der Waals surface area contributed by atoms with Crippen molar-refractivity contribution in [2.45, 2.75) is 24.1 Å². The lowest BCUT2D eigenvalue weighted by Crippen LogP contribution is -2.46. The predicted molar refractivity (Wildman–Crippen MR) is 82.8 cm³/mol. The van der Waals surface area contributed by atoms with Gasteiger partial charge in [0, 0.05) is 0 Å². The molecule has 0 fully saturated rings. The summed E-state index contributed by atoms with van der Waals surface area (Å²) in [6.45, 7) is 1.81. The molecular weight excluding hydrogens is 270 g/mol. The predicted octanol–water partition coefficient (Wildman–Crippen LogP) is 3.28. The number of benzene rings is 2. The van der Waals surface area contributed by atoms with Crippen LogP contribution in [-0.2, 0) is 16.6 Å². The smallest absolute Gasteiger partial charge is 0.229 e. The van der Waals surface area contributed by atoms with Gasteiger partial charge in [0.25, 0.3) is 0 Å². The highest BCUT2D eigenvalue weighted by molar-refractivity contribution is 6.23. The second-order valence-electron chi connectivity index (χ2n) is 5.09. The molecule has 1 amide bonds.